The number of anilines is 1. The molecule has 6 nitrogen and oxygen atoms in total. The van der Waals surface area contributed by atoms with Crippen molar-refractivity contribution in [1.82, 2.24) is 0 Å². The van der Waals surface area contributed by atoms with Crippen LogP contribution in [0.25, 0.3) is 0 Å². The summed E-state index contributed by atoms with van der Waals surface area (Å²) in [6, 6.07) is 4.04. The molecule has 1 rings (SSSR count). The van der Waals surface area contributed by atoms with Crippen LogP contribution < -0.4 is 20.5 Å². The average Bonchev–Trinajstić information content (AvgIpc) is 2.37. The molecule has 0 radical (unpaired) electrons. The van der Waals surface area contributed by atoms with Gasteiger partial charge >= 0.3 is 6.03 Å². The Labute approximate surface area is 130 Å². The van der Waals surface area contributed by atoms with Gasteiger partial charge in [-0.15, -0.1) is 0 Å². The molecule has 0 heterocycles. The Morgan fingerprint density at radius 1 is 1.30 bits per heavy atom. The lowest BCUT2D eigenvalue weighted by Gasteiger charge is -2.12. The van der Waals surface area contributed by atoms with Gasteiger partial charge < -0.3 is 20.5 Å². The summed E-state index contributed by atoms with van der Waals surface area (Å²) in [7, 11) is 2.95. The number of urea groups is 1. The molecule has 0 atom stereocenters. The summed E-state index contributed by atoms with van der Waals surface area (Å²) in [5.41, 5.74) is 5.71. The van der Waals surface area contributed by atoms with Crippen molar-refractivity contribution in [3.8, 4) is 11.5 Å². The Bertz CT molecular complexity index is 529. The third kappa shape index (κ3) is 4.63. The van der Waals surface area contributed by atoms with E-state index in [2.05, 4.69) is 10.3 Å². The smallest absolute Gasteiger partial charge is 0.347 e. The van der Waals surface area contributed by atoms with Gasteiger partial charge in [-0.25, -0.2) is 4.79 Å². The van der Waals surface area contributed by atoms with E-state index >= 15 is 0 Å². The Hall–Kier alpha value is -1.37. The fraction of sp³-hybridized carbons (Fsp3) is 0.273. The molecule has 0 fully saturated rings. The number of amides is 2. The summed E-state index contributed by atoms with van der Waals surface area (Å²) >= 11 is 16.5. The van der Waals surface area contributed by atoms with Gasteiger partial charge in [-0.05, 0) is 12.1 Å². The normalized spacial score (nSPS) is 11.9. The fourth-order valence-electron chi connectivity index (χ4n) is 1.23. The van der Waals surface area contributed by atoms with Gasteiger partial charge in [0.15, 0.2) is 5.84 Å². The van der Waals surface area contributed by atoms with Gasteiger partial charge in [0.25, 0.3) is 0 Å². The van der Waals surface area contributed by atoms with Crippen molar-refractivity contribution >= 4 is 52.4 Å². The number of rotatable bonds is 3. The molecule has 0 saturated carbocycles. The highest BCUT2D eigenvalue weighted by atomic mass is 35.6. The van der Waals surface area contributed by atoms with E-state index in [1.54, 1.807) is 18.2 Å². The first-order valence-electron chi connectivity index (χ1n) is 5.22. The van der Waals surface area contributed by atoms with Crippen LogP contribution in [0.4, 0.5) is 10.5 Å². The van der Waals surface area contributed by atoms with Gasteiger partial charge in [0, 0.05) is 6.07 Å². The monoisotopic (exact) mass is 339 g/mol. The van der Waals surface area contributed by atoms with Crippen LogP contribution >= 0.6 is 34.8 Å². The molecule has 9 heteroatoms. The van der Waals surface area contributed by atoms with E-state index in [9.17, 15) is 4.79 Å². The van der Waals surface area contributed by atoms with Crippen molar-refractivity contribution in [2.24, 2.45) is 10.7 Å². The molecule has 0 unspecified atom stereocenters. The van der Waals surface area contributed by atoms with Crippen LogP contribution in [0.2, 0.25) is 0 Å². The molecular formula is C11H12Cl3N3O3. The van der Waals surface area contributed by atoms with Crippen molar-refractivity contribution in [2.45, 2.75) is 3.79 Å². The van der Waals surface area contributed by atoms with Crippen LogP contribution in [-0.4, -0.2) is 29.9 Å². The van der Waals surface area contributed by atoms with Crippen molar-refractivity contribution in [1.29, 1.82) is 0 Å². The minimum atomic E-state index is -1.95. The highest BCUT2D eigenvalue weighted by molar-refractivity contribution is 6.76. The van der Waals surface area contributed by atoms with Crippen LogP contribution in [-0.2, 0) is 0 Å². The molecule has 0 spiro atoms. The number of ether oxygens (including phenoxy) is 2. The number of alkyl halides is 3. The summed E-state index contributed by atoms with van der Waals surface area (Å²) in [6.45, 7) is 0. The second-order valence-electron chi connectivity index (χ2n) is 3.49. The Balaban J connectivity index is 2.95. The summed E-state index contributed by atoms with van der Waals surface area (Å²) in [5.74, 6) is 0.503. The maximum Gasteiger partial charge on any atom is 0.347 e. The van der Waals surface area contributed by atoms with Crippen molar-refractivity contribution < 1.29 is 14.3 Å². The zero-order valence-electron chi connectivity index (χ0n) is 10.6. The number of halogens is 3. The summed E-state index contributed by atoms with van der Waals surface area (Å²) in [4.78, 5) is 15.1. The highest BCUT2D eigenvalue weighted by Crippen LogP contribution is 2.29. The molecular weight excluding hydrogens is 328 g/mol. The first-order chi connectivity index (χ1) is 9.27. The number of nitrogens with zero attached hydrogens (tertiary/aromatic N) is 1. The van der Waals surface area contributed by atoms with Crippen LogP contribution in [0, 0.1) is 0 Å². The largest absolute Gasteiger partial charge is 0.497 e. The van der Waals surface area contributed by atoms with E-state index in [-0.39, 0.29) is 0 Å². The third-order valence-electron chi connectivity index (χ3n) is 2.16. The lowest BCUT2D eigenvalue weighted by Crippen LogP contribution is -2.30. The molecule has 0 saturated heterocycles. The van der Waals surface area contributed by atoms with Crippen LogP contribution in [0.1, 0.15) is 0 Å². The van der Waals surface area contributed by atoms with Gasteiger partial charge in [-0.2, -0.15) is 4.99 Å². The molecule has 1 aromatic rings. The number of carbonyl (C=O) groups is 1. The van der Waals surface area contributed by atoms with Gasteiger partial charge in [0.2, 0.25) is 3.79 Å². The second-order valence-corrected chi connectivity index (χ2v) is 5.77. The summed E-state index contributed by atoms with van der Waals surface area (Å²) in [5, 5.41) is 2.45. The fourth-order valence-corrected chi connectivity index (χ4v) is 1.35. The topological polar surface area (TPSA) is 85.9 Å². The van der Waals surface area contributed by atoms with E-state index in [1.807, 2.05) is 0 Å². The zero-order chi connectivity index (χ0) is 15.3. The number of nitrogens with two attached hydrogens (primary N) is 1. The number of carbonyl (C=O) groups excluding carboxylic acids is 1. The number of hydrogen-bond donors (Lipinski definition) is 2. The van der Waals surface area contributed by atoms with E-state index in [1.165, 1.54) is 14.2 Å². The van der Waals surface area contributed by atoms with Gasteiger partial charge in [0.05, 0.1) is 19.9 Å². The van der Waals surface area contributed by atoms with E-state index in [0.717, 1.165) is 0 Å². The quantitative estimate of drug-likeness (QED) is 0.503. The molecule has 2 amide bonds. The van der Waals surface area contributed by atoms with E-state index < -0.39 is 15.7 Å². The van der Waals surface area contributed by atoms with Crippen LogP contribution in [0.5, 0.6) is 11.5 Å². The maximum atomic E-state index is 11.7. The molecule has 110 valence electrons. The molecule has 0 aromatic heterocycles. The van der Waals surface area contributed by atoms with E-state index in [0.29, 0.717) is 17.2 Å². The summed E-state index contributed by atoms with van der Waals surface area (Å²) < 4.78 is 8.18. The Kier molecular flexibility index (Phi) is 5.74. The van der Waals surface area contributed by atoms with Crippen LogP contribution in [0.3, 0.4) is 0 Å². The number of benzene rings is 1. The van der Waals surface area contributed by atoms with Crippen LogP contribution in [0.15, 0.2) is 23.2 Å². The molecule has 0 aliphatic carbocycles. The first-order valence-corrected chi connectivity index (χ1v) is 6.35. The minimum Gasteiger partial charge on any atom is -0.497 e. The average molecular weight is 341 g/mol. The molecule has 0 aliphatic heterocycles. The first kappa shape index (κ1) is 16.7. The van der Waals surface area contributed by atoms with Crippen molar-refractivity contribution in [3.63, 3.8) is 0 Å². The van der Waals surface area contributed by atoms with Gasteiger partial charge in [-0.3, -0.25) is 0 Å². The van der Waals surface area contributed by atoms with E-state index in [4.69, 9.17) is 50.0 Å². The number of amidine groups is 1. The van der Waals surface area contributed by atoms with Crippen molar-refractivity contribution in [3.05, 3.63) is 18.2 Å². The predicted octanol–water partition coefficient (Wildman–Crippen LogP) is 2.96. The Morgan fingerprint density at radius 2 is 1.95 bits per heavy atom. The lowest BCUT2D eigenvalue weighted by molar-refractivity contribution is 0.259. The maximum absolute atomic E-state index is 11.7. The number of aliphatic imine (C=N–C) groups is 1. The standard InChI is InChI=1S/C11H12Cl3N3O3/c1-19-6-3-4-8(20-2)7(5-6)16-10(18)17-9(15)11(12,13)14/h3-5H,1-2H3,(H3,15,16,17,18). The van der Waals surface area contributed by atoms with Crippen molar-refractivity contribution in [2.75, 3.05) is 19.5 Å². The highest BCUT2D eigenvalue weighted by Gasteiger charge is 2.26. The lowest BCUT2D eigenvalue weighted by atomic mass is 10.2. The van der Waals surface area contributed by atoms with Gasteiger partial charge in [-0.1, -0.05) is 34.8 Å². The number of nitrogens with one attached hydrogen (secondary N) is 1. The SMILES string of the molecule is COc1ccc(OC)c(NC(=O)/N=C(\N)C(Cl)(Cl)Cl)c1. The number of methoxy groups -OCH3 is 2. The molecule has 20 heavy (non-hydrogen) atoms. The predicted molar refractivity (Wildman–Crippen MR) is 80.5 cm³/mol. The minimum absolute atomic E-state index is 0.345. The molecule has 3 N–H and O–H groups in total. The zero-order valence-corrected chi connectivity index (χ0v) is 12.9. The number of hydrogen-bond acceptors (Lipinski definition) is 3. The van der Waals surface area contributed by atoms with Gasteiger partial charge in [0.1, 0.15) is 11.5 Å². The molecule has 0 bridgehead atoms. The third-order valence-corrected chi connectivity index (χ3v) is 2.74. The Morgan fingerprint density at radius 3 is 2.45 bits per heavy atom. The molecule has 1 aromatic carbocycles. The second kappa shape index (κ2) is 6.88. The molecule has 0 aliphatic rings. The summed E-state index contributed by atoms with van der Waals surface area (Å²) in [6.07, 6.45) is 0.